The Balaban J connectivity index is 0.000000174. The van der Waals surface area contributed by atoms with Crippen LogP contribution in [0.15, 0.2) is 113 Å². The van der Waals surface area contributed by atoms with Crippen molar-refractivity contribution in [3.63, 3.8) is 0 Å². The highest BCUT2D eigenvalue weighted by atomic mass is 79.9. The standard InChI is InChI=1S/C19H17FS.C14H14BFO2.C5H5BrS/c1-3-14-5-7-15(8-6-14)16-9-10-17(18(20)12-16)19-11-4-13(2)21-19;1-2-10-3-5-11(6-4-10)12-7-8-13(15(17)18)14(16)9-12;1-4-2-3-5(6)7-4/h4-12H,3H2,1-2H3;3-9,17-18H,2H2,1H3;2-3H,1H3. The van der Waals surface area contributed by atoms with Crippen LogP contribution in [-0.2, 0) is 12.8 Å². The average Bonchev–Trinajstić information content (AvgIpc) is 3.67. The Labute approximate surface area is 287 Å². The molecule has 0 saturated carbocycles. The van der Waals surface area contributed by atoms with Gasteiger partial charge in [0.15, 0.2) is 0 Å². The van der Waals surface area contributed by atoms with Crippen molar-refractivity contribution in [3.05, 3.63) is 145 Å². The number of aryl methyl sites for hydroxylation is 4. The molecule has 0 saturated heterocycles. The number of hydrogen-bond acceptors (Lipinski definition) is 4. The predicted octanol–water partition coefficient (Wildman–Crippen LogP) is 10.6. The molecule has 2 aromatic heterocycles. The first-order valence-electron chi connectivity index (χ1n) is 15.0. The summed E-state index contributed by atoms with van der Waals surface area (Å²) in [6.45, 7) is 8.34. The van der Waals surface area contributed by atoms with E-state index >= 15 is 0 Å². The zero-order chi connectivity index (χ0) is 33.2. The molecule has 6 rings (SSSR count). The van der Waals surface area contributed by atoms with Crippen molar-refractivity contribution >= 4 is 51.2 Å². The molecule has 0 amide bonds. The van der Waals surface area contributed by atoms with Gasteiger partial charge in [0.25, 0.3) is 0 Å². The Hall–Kier alpha value is -3.40. The predicted molar refractivity (Wildman–Crippen MR) is 197 cm³/mol. The van der Waals surface area contributed by atoms with Gasteiger partial charge in [-0.05, 0) is 118 Å². The summed E-state index contributed by atoms with van der Waals surface area (Å²) in [7, 11) is -1.78. The summed E-state index contributed by atoms with van der Waals surface area (Å²) in [6.07, 6.45) is 1.98. The summed E-state index contributed by atoms with van der Waals surface area (Å²) in [4.78, 5) is 3.54. The molecule has 0 spiro atoms. The largest absolute Gasteiger partial charge is 0.491 e. The molecule has 2 heterocycles. The molecule has 6 aromatic rings. The van der Waals surface area contributed by atoms with Crippen molar-refractivity contribution in [2.75, 3.05) is 0 Å². The molecular formula is C38H36BBrF2O2S2. The fourth-order valence-corrected chi connectivity index (χ4v) is 7.03. The fraction of sp³-hybridized carbons (Fsp3) is 0.158. The highest BCUT2D eigenvalue weighted by Crippen LogP contribution is 2.32. The Morgan fingerprint density at radius 3 is 1.43 bits per heavy atom. The van der Waals surface area contributed by atoms with E-state index in [1.807, 2.05) is 55.5 Å². The minimum atomic E-state index is -1.78. The van der Waals surface area contributed by atoms with Crippen LogP contribution >= 0.6 is 38.6 Å². The van der Waals surface area contributed by atoms with Gasteiger partial charge in [-0.3, -0.25) is 0 Å². The number of hydrogen-bond donors (Lipinski definition) is 2. The van der Waals surface area contributed by atoms with Gasteiger partial charge >= 0.3 is 7.12 Å². The van der Waals surface area contributed by atoms with E-state index in [2.05, 4.69) is 73.1 Å². The third-order valence-corrected chi connectivity index (χ3v) is 9.93. The normalized spacial score (nSPS) is 10.5. The van der Waals surface area contributed by atoms with Gasteiger partial charge in [0.1, 0.15) is 11.6 Å². The third-order valence-electron chi connectivity index (χ3n) is 7.35. The molecule has 8 heteroatoms. The first kappa shape index (κ1) is 35.5. The first-order chi connectivity index (χ1) is 22.1. The quantitative estimate of drug-likeness (QED) is 0.169. The molecule has 2 nitrogen and oxygen atoms in total. The molecule has 0 unspecified atom stereocenters. The SMILES string of the molecule is CCc1ccc(-c2ccc(-c3ccc(C)s3)c(F)c2)cc1.CCc1ccc(-c2ccc(B(O)O)c(F)c2)cc1.Cc1ccc(Br)s1. The second kappa shape index (κ2) is 17.0. The summed E-state index contributed by atoms with van der Waals surface area (Å²) < 4.78 is 29.2. The summed E-state index contributed by atoms with van der Waals surface area (Å²) in [6, 6.07) is 34.2. The van der Waals surface area contributed by atoms with Gasteiger partial charge < -0.3 is 10.0 Å². The average molecular weight is 718 g/mol. The third kappa shape index (κ3) is 9.80. The van der Waals surface area contributed by atoms with Crippen molar-refractivity contribution in [1.82, 2.24) is 0 Å². The van der Waals surface area contributed by atoms with Crippen LogP contribution in [0.5, 0.6) is 0 Å². The number of thiophene rings is 2. The van der Waals surface area contributed by atoms with Gasteiger partial charge in [0, 0.05) is 25.7 Å². The zero-order valence-corrected chi connectivity index (χ0v) is 29.4. The lowest BCUT2D eigenvalue weighted by Crippen LogP contribution is -2.32. The van der Waals surface area contributed by atoms with E-state index < -0.39 is 12.9 Å². The second-order valence-corrected chi connectivity index (χ2v) is 14.6. The highest BCUT2D eigenvalue weighted by Gasteiger charge is 2.16. The molecule has 236 valence electrons. The number of halogens is 3. The van der Waals surface area contributed by atoms with Crippen LogP contribution in [0.25, 0.3) is 32.7 Å². The van der Waals surface area contributed by atoms with E-state index in [0.717, 1.165) is 40.0 Å². The van der Waals surface area contributed by atoms with E-state index in [1.54, 1.807) is 34.8 Å². The van der Waals surface area contributed by atoms with Crippen LogP contribution in [0.3, 0.4) is 0 Å². The summed E-state index contributed by atoms with van der Waals surface area (Å²) >= 11 is 6.73. The number of rotatable bonds is 6. The van der Waals surface area contributed by atoms with E-state index in [0.29, 0.717) is 5.56 Å². The van der Waals surface area contributed by atoms with Gasteiger partial charge in [-0.25, -0.2) is 8.78 Å². The van der Waals surface area contributed by atoms with Crippen LogP contribution in [0.2, 0.25) is 0 Å². The molecule has 0 atom stereocenters. The summed E-state index contributed by atoms with van der Waals surface area (Å²) in [5, 5.41) is 17.9. The minimum Gasteiger partial charge on any atom is -0.423 e. The van der Waals surface area contributed by atoms with Crippen LogP contribution in [0.4, 0.5) is 8.78 Å². The molecule has 2 N–H and O–H groups in total. The Kier molecular flexibility index (Phi) is 13.1. The van der Waals surface area contributed by atoms with Gasteiger partial charge in [0.05, 0.1) is 3.79 Å². The van der Waals surface area contributed by atoms with Crippen LogP contribution < -0.4 is 5.46 Å². The van der Waals surface area contributed by atoms with Crippen molar-refractivity contribution in [2.45, 2.75) is 40.5 Å². The smallest absolute Gasteiger partial charge is 0.423 e. The van der Waals surface area contributed by atoms with Crippen molar-refractivity contribution < 1.29 is 18.8 Å². The lowest BCUT2D eigenvalue weighted by molar-refractivity contribution is 0.423. The molecule has 0 aliphatic heterocycles. The van der Waals surface area contributed by atoms with E-state index in [9.17, 15) is 8.78 Å². The van der Waals surface area contributed by atoms with E-state index in [-0.39, 0.29) is 11.3 Å². The van der Waals surface area contributed by atoms with Crippen LogP contribution in [-0.4, -0.2) is 17.2 Å². The van der Waals surface area contributed by atoms with Crippen LogP contribution in [0.1, 0.15) is 34.7 Å². The van der Waals surface area contributed by atoms with Crippen molar-refractivity contribution in [1.29, 1.82) is 0 Å². The molecule has 0 radical (unpaired) electrons. The van der Waals surface area contributed by atoms with E-state index in [1.165, 1.54) is 36.8 Å². The topological polar surface area (TPSA) is 40.5 Å². The summed E-state index contributed by atoms with van der Waals surface area (Å²) in [5.41, 5.74) is 6.70. The van der Waals surface area contributed by atoms with E-state index in [4.69, 9.17) is 10.0 Å². The van der Waals surface area contributed by atoms with Gasteiger partial charge in [-0.15, -0.1) is 22.7 Å². The minimum absolute atomic E-state index is 0.107. The Morgan fingerprint density at radius 1 is 0.587 bits per heavy atom. The summed E-state index contributed by atoms with van der Waals surface area (Å²) in [5.74, 6) is -0.768. The maximum atomic E-state index is 14.4. The molecular weight excluding hydrogens is 681 g/mol. The molecule has 0 aliphatic carbocycles. The molecule has 0 fully saturated rings. The van der Waals surface area contributed by atoms with Gasteiger partial charge in [-0.2, -0.15) is 0 Å². The first-order valence-corrected chi connectivity index (χ1v) is 17.4. The van der Waals surface area contributed by atoms with Crippen molar-refractivity contribution in [3.8, 4) is 32.7 Å². The zero-order valence-electron chi connectivity index (χ0n) is 26.2. The van der Waals surface area contributed by atoms with Gasteiger partial charge in [0.2, 0.25) is 0 Å². The van der Waals surface area contributed by atoms with Crippen molar-refractivity contribution in [2.24, 2.45) is 0 Å². The second-order valence-electron chi connectivity index (χ2n) is 10.7. The lowest BCUT2D eigenvalue weighted by atomic mass is 9.79. The maximum absolute atomic E-state index is 14.4. The fourth-order valence-electron chi connectivity index (χ4n) is 4.66. The molecule has 4 aromatic carbocycles. The Bertz CT molecular complexity index is 1830. The Morgan fingerprint density at radius 2 is 1.07 bits per heavy atom. The van der Waals surface area contributed by atoms with Gasteiger partial charge in [-0.1, -0.05) is 80.6 Å². The highest BCUT2D eigenvalue weighted by molar-refractivity contribution is 9.11. The molecule has 0 aliphatic rings. The molecule has 0 bridgehead atoms. The lowest BCUT2D eigenvalue weighted by Gasteiger charge is -2.06. The van der Waals surface area contributed by atoms with Crippen LogP contribution in [0, 0.1) is 25.5 Å². The number of benzene rings is 4. The monoisotopic (exact) mass is 716 g/mol. The maximum Gasteiger partial charge on any atom is 0.491 e. The molecule has 46 heavy (non-hydrogen) atoms.